The number of hydrogen-bond acceptors (Lipinski definition) is 0. The van der Waals surface area contributed by atoms with Crippen LogP contribution < -0.4 is 0 Å². The van der Waals surface area contributed by atoms with Gasteiger partial charge in [0, 0.05) is 30.3 Å². The van der Waals surface area contributed by atoms with Crippen LogP contribution >= 0.6 is 95.6 Å². The fourth-order valence-corrected chi connectivity index (χ4v) is 8.49. The molecule has 6 heteroatoms. The Morgan fingerprint density at radius 3 is 0.825 bits per heavy atom. The summed E-state index contributed by atoms with van der Waals surface area (Å²) < 4.78 is 2.27. The molecule has 0 unspecified atom stereocenters. The predicted octanol–water partition coefficient (Wildman–Crippen LogP) is 13.5. The first-order valence-electron chi connectivity index (χ1n) is 12.6. The summed E-state index contributed by atoms with van der Waals surface area (Å²) in [5.74, 6) is 0. The zero-order chi connectivity index (χ0) is 28.2. The molecule has 0 atom stereocenters. The van der Waals surface area contributed by atoms with Crippen molar-refractivity contribution in [3.63, 3.8) is 0 Å². The van der Waals surface area contributed by atoms with Gasteiger partial charge in [-0.3, -0.25) is 0 Å². The second-order valence-corrected chi connectivity index (χ2v) is 13.4. The molecule has 0 aromatic heterocycles. The van der Waals surface area contributed by atoms with E-state index < -0.39 is 0 Å². The highest BCUT2D eigenvalue weighted by Crippen LogP contribution is 2.35. The Labute approximate surface area is 286 Å². The zero-order valence-electron chi connectivity index (χ0n) is 21.3. The van der Waals surface area contributed by atoms with Crippen LogP contribution in [-0.4, -0.2) is 0 Å². The predicted molar refractivity (Wildman–Crippen MR) is 194 cm³/mol. The van der Waals surface area contributed by atoms with Gasteiger partial charge in [0.15, 0.2) is 0 Å². The highest BCUT2D eigenvalue weighted by atomic mass is 79.9. The lowest BCUT2D eigenvalue weighted by Crippen LogP contribution is -1.91. The van der Waals surface area contributed by atoms with Gasteiger partial charge in [0.05, 0.1) is 0 Å². The Bertz CT molecular complexity index is 1500. The third kappa shape index (κ3) is 6.63. The molecule has 0 saturated heterocycles. The Morgan fingerprint density at radius 2 is 0.575 bits per heavy atom. The molecule has 0 amide bonds. The topological polar surface area (TPSA) is 0 Å². The van der Waals surface area contributed by atoms with E-state index in [4.69, 9.17) is 0 Å². The molecule has 202 valence electrons. The minimum atomic E-state index is 0.812. The van der Waals surface area contributed by atoms with Gasteiger partial charge in [0.1, 0.15) is 0 Å². The fraction of sp³-hybridized carbons (Fsp3) is 0.118. The molecule has 0 saturated carbocycles. The van der Waals surface area contributed by atoms with Crippen molar-refractivity contribution in [2.75, 3.05) is 0 Å². The quantitative estimate of drug-likeness (QED) is 0.136. The highest BCUT2D eigenvalue weighted by Gasteiger charge is 2.12. The van der Waals surface area contributed by atoms with E-state index in [-0.39, 0.29) is 0 Å². The Hall–Kier alpha value is -1.02. The maximum atomic E-state index is 3.69. The molecule has 40 heavy (non-hydrogen) atoms. The molecule has 0 aliphatic rings. The number of benzene rings is 5. The molecule has 0 radical (unpaired) electrons. The third-order valence-corrected chi connectivity index (χ3v) is 11.0. The fourth-order valence-electron chi connectivity index (χ4n) is 4.82. The van der Waals surface area contributed by atoms with Crippen LogP contribution in [0.5, 0.6) is 0 Å². The zero-order valence-corrected chi connectivity index (χ0v) is 30.8. The molecular formula is C34H24Br6. The number of hydrogen-bond donors (Lipinski definition) is 0. The maximum absolute atomic E-state index is 3.69. The van der Waals surface area contributed by atoms with Crippen LogP contribution in [0.25, 0.3) is 44.5 Å². The molecule has 0 aliphatic carbocycles. The first kappa shape index (κ1) is 30.4. The lowest BCUT2D eigenvalue weighted by molar-refractivity contribution is 1.33. The Kier molecular flexibility index (Phi) is 10.6. The molecule has 0 nitrogen and oxygen atoms in total. The lowest BCUT2D eigenvalue weighted by atomic mass is 9.94. The average Bonchev–Trinajstić information content (AvgIpc) is 3.01. The second-order valence-electron chi connectivity index (χ2n) is 9.47. The molecule has 0 spiro atoms. The van der Waals surface area contributed by atoms with Gasteiger partial charge in [-0.15, -0.1) is 0 Å². The summed E-state index contributed by atoms with van der Waals surface area (Å²) in [4.78, 5) is 0. The van der Waals surface area contributed by atoms with Crippen molar-refractivity contribution in [2.24, 2.45) is 0 Å². The molecular weight excluding hydrogens is 888 g/mol. The number of rotatable bonds is 8. The summed E-state index contributed by atoms with van der Waals surface area (Å²) >= 11 is 21.9. The van der Waals surface area contributed by atoms with Crippen molar-refractivity contribution in [2.45, 2.75) is 21.3 Å². The minimum Gasteiger partial charge on any atom is -0.0876 e. The lowest BCUT2D eigenvalue weighted by Gasteiger charge is -2.13. The van der Waals surface area contributed by atoms with Crippen molar-refractivity contribution in [3.8, 4) is 44.5 Å². The molecule has 5 rings (SSSR count). The molecule has 0 N–H and O–H groups in total. The third-order valence-electron chi connectivity index (χ3n) is 7.06. The van der Waals surface area contributed by atoms with E-state index in [0.29, 0.717) is 0 Å². The van der Waals surface area contributed by atoms with E-state index in [9.17, 15) is 0 Å². The Balaban J connectivity index is 1.37. The van der Waals surface area contributed by atoms with Gasteiger partial charge in [0.25, 0.3) is 0 Å². The number of halogens is 6. The van der Waals surface area contributed by atoms with Crippen LogP contribution in [-0.2, 0) is 21.3 Å². The standard InChI is InChI=1S/C34H24Br6/c35-17-27-15-33(39)29(19-37)13-31(27)25-9-5-23(6-10-25)21-1-2-22(4-3-21)24-7-11-26(12-8-24)32-14-30(20-38)34(40)16-28(32)18-36/h1-16H,17-20H2. The van der Waals surface area contributed by atoms with Crippen LogP contribution in [0.2, 0.25) is 0 Å². The molecule has 5 aromatic rings. The van der Waals surface area contributed by atoms with Crippen molar-refractivity contribution in [1.29, 1.82) is 0 Å². The van der Waals surface area contributed by atoms with Gasteiger partial charge < -0.3 is 0 Å². The smallest absolute Gasteiger partial charge is 0.0294 e. The normalized spacial score (nSPS) is 11.2. The number of alkyl halides is 4. The van der Waals surface area contributed by atoms with Crippen LogP contribution in [0.4, 0.5) is 0 Å². The summed E-state index contributed by atoms with van der Waals surface area (Å²) in [6.45, 7) is 0. The largest absolute Gasteiger partial charge is 0.0876 e. The van der Waals surface area contributed by atoms with Crippen LogP contribution in [0.1, 0.15) is 22.3 Å². The van der Waals surface area contributed by atoms with Crippen LogP contribution in [0.3, 0.4) is 0 Å². The van der Waals surface area contributed by atoms with Gasteiger partial charge in [-0.1, -0.05) is 168 Å². The van der Waals surface area contributed by atoms with Crippen molar-refractivity contribution >= 4 is 95.6 Å². The van der Waals surface area contributed by atoms with E-state index in [0.717, 1.165) is 30.3 Å². The summed E-state index contributed by atoms with van der Waals surface area (Å²) in [6, 6.07) is 35.6. The maximum Gasteiger partial charge on any atom is 0.0294 e. The molecule has 0 fully saturated rings. The van der Waals surface area contributed by atoms with Gasteiger partial charge >= 0.3 is 0 Å². The minimum absolute atomic E-state index is 0.812. The van der Waals surface area contributed by atoms with Crippen molar-refractivity contribution in [3.05, 3.63) is 128 Å². The summed E-state index contributed by atoms with van der Waals surface area (Å²) in [5, 5.41) is 3.26. The molecule has 5 aromatic carbocycles. The van der Waals surface area contributed by atoms with Gasteiger partial charge in [-0.05, 0) is 91.0 Å². The van der Waals surface area contributed by atoms with E-state index in [1.807, 2.05) is 0 Å². The van der Waals surface area contributed by atoms with Crippen LogP contribution in [0.15, 0.2) is 106 Å². The summed E-state index contributed by atoms with van der Waals surface area (Å²) in [5.41, 5.74) is 14.8. The summed E-state index contributed by atoms with van der Waals surface area (Å²) in [7, 11) is 0. The second kappa shape index (κ2) is 14.0. The first-order chi connectivity index (χ1) is 19.4. The molecule has 0 bridgehead atoms. The average molecular weight is 912 g/mol. The van der Waals surface area contributed by atoms with E-state index in [1.54, 1.807) is 0 Å². The SMILES string of the molecule is BrCc1cc(-c2ccc(-c3ccc(-c4ccc(-c5cc(CBr)c(Br)cc5CBr)cc4)cc3)cc2)c(CBr)cc1Br. The van der Waals surface area contributed by atoms with Crippen molar-refractivity contribution < 1.29 is 0 Å². The van der Waals surface area contributed by atoms with Gasteiger partial charge in [-0.2, -0.15) is 0 Å². The van der Waals surface area contributed by atoms with E-state index in [1.165, 1.54) is 66.8 Å². The van der Waals surface area contributed by atoms with Crippen molar-refractivity contribution in [1.82, 2.24) is 0 Å². The highest BCUT2D eigenvalue weighted by molar-refractivity contribution is 9.11. The van der Waals surface area contributed by atoms with Crippen LogP contribution in [0, 0.1) is 0 Å². The van der Waals surface area contributed by atoms with Gasteiger partial charge in [-0.25, -0.2) is 0 Å². The van der Waals surface area contributed by atoms with Gasteiger partial charge in [0.2, 0.25) is 0 Å². The first-order valence-corrected chi connectivity index (χ1v) is 18.7. The van der Waals surface area contributed by atoms with E-state index in [2.05, 4.69) is 193 Å². The monoisotopic (exact) mass is 906 g/mol. The Morgan fingerprint density at radius 1 is 0.325 bits per heavy atom. The van der Waals surface area contributed by atoms with E-state index >= 15 is 0 Å². The molecule has 0 aliphatic heterocycles. The molecule has 0 heterocycles. The summed E-state index contributed by atoms with van der Waals surface area (Å²) in [6.07, 6.45) is 0.